The molecule has 0 fully saturated rings. The third-order valence-corrected chi connectivity index (χ3v) is 5.02. The van der Waals surface area contributed by atoms with Gasteiger partial charge in [0, 0.05) is 15.6 Å². The monoisotopic (exact) mass is 424 g/mol. The first kappa shape index (κ1) is 19.2. The molecule has 1 heterocycles. The predicted molar refractivity (Wildman–Crippen MR) is 116 cm³/mol. The quantitative estimate of drug-likeness (QED) is 0.351. The van der Waals surface area contributed by atoms with E-state index in [0.717, 1.165) is 15.9 Å². The van der Waals surface area contributed by atoms with Crippen LogP contribution in [0.25, 0.3) is 11.0 Å². The Hall–Kier alpha value is -3.16. The number of ether oxygens (including phenoxy) is 1. The Morgan fingerprint density at radius 3 is 2.66 bits per heavy atom. The van der Waals surface area contributed by atoms with Crippen molar-refractivity contribution in [3.8, 4) is 5.75 Å². The van der Waals surface area contributed by atoms with Crippen LogP contribution in [-0.2, 0) is 6.61 Å². The number of anilines is 1. The average molecular weight is 425 g/mol. The molecule has 0 aliphatic carbocycles. The Bertz CT molecular complexity index is 1120. The van der Waals surface area contributed by atoms with Crippen LogP contribution < -0.4 is 14.8 Å². The van der Waals surface area contributed by atoms with Gasteiger partial charge in [-0.3, -0.25) is 4.72 Å². The second kappa shape index (κ2) is 8.89. The van der Waals surface area contributed by atoms with Gasteiger partial charge in [-0.1, -0.05) is 29.8 Å². The molecule has 0 aliphatic rings. The fraction of sp³-hybridized carbons (Fsp3) is 0.0476. The van der Waals surface area contributed by atoms with Crippen LogP contribution in [0.1, 0.15) is 5.82 Å². The van der Waals surface area contributed by atoms with Gasteiger partial charge in [0.05, 0.1) is 11.0 Å². The number of halogens is 1. The van der Waals surface area contributed by atoms with E-state index < -0.39 is 0 Å². The second-order valence-corrected chi connectivity index (χ2v) is 7.45. The summed E-state index contributed by atoms with van der Waals surface area (Å²) in [7, 11) is 0. The van der Waals surface area contributed by atoms with Crippen LogP contribution in [0.15, 0.2) is 77.7 Å². The molecule has 0 bridgehead atoms. The van der Waals surface area contributed by atoms with E-state index in [2.05, 4.69) is 20.0 Å². The molecule has 0 unspecified atom stereocenters. The normalized spacial score (nSPS) is 10.7. The van der Waals surface area contributed by atoms with Gasteiger partial charge in [0.25, 0.3) is 0 Å². The van der Waals surface area contributed by atoms with Crippen LogP contribution in [-0.4, -0.2) is 16.0 Å². The second-order valence-electron chi connectivity index (χ2n) is 6.13. The summed E-state index contributed by atoms with van der Waals surface area (Å²) in [6.07, 6.45) is 0. The van der Waals surface area contributed by atoms with Crippen LogP contribution in [0, 0.1) is 0 Å². The van der Waals surface area contributed by atoms with E-state index >= 15 is 0 Å². The van der Waals surface area contributed by atoms with E-state index in [9.17, 15) is 4.79 Å². The van der Waals surface area contributed by atoms with Crippen molar-refractivity contribution >= 4 is 46.3 Å². The zero-order chi connectivity index (χ0) is 20.1. The molecule has 146 valence electrons. The van der Waals surface area contributed by atoms with Crippen molar-refractivity contribution in [3.05, 3.63) is 83.6 Å². The van der Waals surface area contributed by atoms with Crippen molar-refractivity contribution in [2.24, 2.45) is 0 Å². The van der Waals surface area contributed by atoms with Gasteiger partial charge in [-0.05, 0) is 66.5 Å². The molecule has 1 aromatic heterocycles. The lowest BCUT2D eigenvalue weighted by Crippen LogP contribution is -2.22. The third kappa shape index (κ3) is 5.22. The van der Waals surface area contributed by atoms with Crippen molar-refractivity contribution in [1.29, 1.82) is 0 Å². The number of nitrogens with one attached hydrogen (secondary N) is 3. The Morgan fingerprint density at radius 2 is 1.86 bits per heavy atom. The molecule has 0 radical (unpaired) electrons. The minimum absolute atomic E-state index is 0.298. The van der Waals surface area contributed by atoms with E-state index in [1.54, 1.807) is 30.3 Å². The summed E-state index contributed by atoms with van der Waals surface area (Å²) in [4.78, 5) is 20.6. The highest BCUT2D eigenvalue weighted by atomic mass is 35.5. The fourth-order valence-corrected chi connectivity index (χ4v) is 3.37. The van der Waals surface area contributed by atoms with Gasteiger partial charge in [-0.2, -0.15) is 0 Å². The zero-order valence-corrected chi connectivity index (χ0v) is 16.8. The lowest BCUT2D eigenvalue weighted by molar-refractivity contribution is 0.257. The van der Waals surface area contributed by atoms with Gasteiger partial charge in [0.2, 0.25) is 0 Å². The predicted octanol–water partition coefficient (Wildman–Crippen LogP) is 5.62. The third-order valence-electron chi connectivity index (χ3n) is 3.99. The van der Waals surface area contributed by atoms with Crippen molar-refractivity contribution < 1.29 is 9.53 Å². The molecule has 3 aromatic carbocycles. The molecule has 4 rings (SSSR count). The van der Waals surface area contributed by atoms with E-state index in [1.165, 1.54) is 11.9 Å². The highest BCUT2D eigenvalue weighted by molar-refractivity contribution is 7.98. The summed E-state index contributed by atoms with van der Waals surface area (Å²) in [6.45, 7) is 0.299. The minimum atomic E-state index is -0.298. The van der Waals surface area contributed by atoms with Gasteiger partial charge >= 0.3 is 6.03 Å². The maximum Gasteiger partial charge on any atom is 0.329 e. The largest absolute Gasteiger partial charge is 0.486 e. The topological polar surface area (TPSA) is 79.0 Å². The summed E-state index contributed by atoms with van der Waals surface area (Å²) in [5.74, 6) is 1.38. The highest BCUT2D eigenvalue weighted by Crippen LogP contribution is 2.20. The summed E-state index contributed by atoms with van der Waals surface area (Å²) >= 11 is 7.24. The molecule has 8 heteroatoms. The van der Waals surface area contributed by atoms with Crippen LogP contribution in [0.4, 0.5) is 10.5 Å². The lowest BCUT2D eigenvalue weighted by Gasteiger charge is -2.08. The number of nitrogens with zero attached hydrogens (tertiary/aromatic N) is 1. The number of amides is 2. The van der Waals surface area contributed by atoms with Crippen LogP contribution >= 0.6 is 23.5 Å². The highest BCUT2D eigenvalue weighted by Gasteiger charge is 2.06. The standard InChI is InChI=1S/C21H17ClN4O2S/c22-14-6-11-18-19(12-14)25-20(24-18)13-28-16-9-7-15(8-10-16)23-21(27)26-29-17-4-2-1-3-5-17/h1-12H,13H2,(H,24,25)(H2,23,26,27). The molecule has 0 atom stereocenters. The lowest BCUT2D eigenvalue weighted by atomic mass is 10.3. The number of carbonyl (C=O) groups excluding carboxylic acids is 1. The van der Waals surface area contributed by atoms with Crippen molar-refractivity contribution in [2.45, 2.75) is 11.5 Å². The first-order valence-electron chi connectivity index (χ1n) is 8.82. The molecule has 2 amide bonds. The molecule has 0 spiro atoms. The van der Waals surface area contributed by atoms with Crippen LogP contribution in [0.2, 0.25) is 5.02 Å². The van der Waals surface area contributed by atoms with Crippen LogP contribution in [0.3, 0.4) is 0 Å². The van der Waals surface area contributed by atoms with Gasteiger partial charge in [-0.15, -0.1) is 0 Å². The number of carbonyl (C=O) groups is 1. The summed E-state index contributed by atoms with van der Waals surface area (Å²) < 4.78 is 8.50. The summed E-state index contributed by atoms with van der Waals surface area (Å²) in [5.41, 5.74) is 2.38. The SMILES string of the molecule is O=C(NSc1ccccc1)Nc1ccc(OCc2nc3ccc(Cl)cc3[nH]2)cc1. The van der Waals surface area contributed by atoms with Gasteiger partial charge in [0.15, 0.2) is 0 Å². The van der Waals surface area contributed by atoms with Gasteiger partial charge in [0.1, 0.15) is 18.2 Å². The molecule has 0 aliphatic heterocycles. The molecule has 3 N–H and O–H groups in total. The van der Waals surface area contributed by atoms with E-state index in [0.29, 0.717) is 28.9 Å². The number of benzene rings is 3. The van der Waals surface area contributed by atoms with Crippen molar-refractivity contribution in [2.75, 3.05) is 5.32 Å². The number of hydrogen-bond acceptors (Lipinski definition) is 4. The Labute approximate surface area is 176 Å². The van der Waals surface area contributed by atoms with Crippen molar-refractivity contribution in [3.63, 3.8) is 0 Å². The Morgan fingerprint density at radius 1 is 1.07 bits per heavy atom. The van der Waals surface area contributed by atoms with E-state index in [-0.39, 0.29) is 6.03 Å². The first-order valence-corrected chi connectivity index (χ1v) is 10.0. The van der Waals surface area contributed by atoms with Crippen LogP contribution in [0.5, 0.6) is 5.75 Å². The smallest absolute Gasteiger partial charge is 0.329 e. The maximum atomic E-state index is 12.0. The Kier molecular flexibility index (Phi) is 5.88. The van der Waals surface area contributed by atoms with E-state index in [4.69, 9.17) is 16.3 Å². The number of hydrogen-bond donors (Lipinski definition) is 3. The number of fused-ring (bicyclic) bond motifs is 1. The van der Waals surface area contributed by atoms with Gasteiger partial charge in [-0.25, -0.2) is 9.78 Å². The molecule has 4 aromatic rings. The maximum absolute atomic E-state index is 12.0. The molecule has 29 heavy (non-hydrogen) atoms. The van der Waals surface area contributed by atoms with E-state index in [1.807, 2.05) is 42.5 Å². The zero-order valence-electron chi connectivity index (χ0n) is 15.2. The summed E-state index contributed by atoms with van der Waals surface area (Å²) in [6, 6.07) is 21.9. The molecular weight excluding hydrogens is 408 g/mol. The first-order chi connectivity index (χ1) is 14.2. The Balaban J connectivity index is 1.28. The number of imidazole rings is 1. The number of rotatable bonds is 6. The molecule has 0 saturated carbocycles. The fourth-order valence-electron chi connectivity index (χ4n) is 2.64. The van der Waals surface area contributed by atoms with Gasteiger partial charge < -0.3 is 15.0 Å². The number of urea groups is 1. The number of aromatic nitrogens is 2. The summed E-state index contributed by atoms with van der Waals surface area (Å²) in [5, 5.41) is 3.43. The molecular formula is C21H17ClN4O2S. The average Bonchev–Trinajstić information content (AvgIpc) is 3.14. The minimum Gasteiger partial charge on any atom is -0.486 e. The molecule has 6 nitrogen and oxygen atoms in total. The number of H-pyrrole nitrogens is 1. The molecule has 0 saturated heterocycles. The number of aromatic amines is 1. The van der Waals surface area contributed by atoms with Crippen molar-refractivity contribution in [1.82, 2.24) is 14.7 Å².